The number of thiophene rings is 1. The van der Waals surface area contributed by atoms with E-state index < -0.39 is 6.04 Å². The van der Waals surface area contributed by atoms with Crippen LogP contribution in [0.25, 0.3) is 0 Å². The first-order chi connectivity index (χ1) is 15.5. The second-order valence-electron chi connectivity index (χ2n) is 8.59. The molecular formula is C26H30N2O3S. The molecule has 2 heterocycles. The summed E-state index contributed by atoms with van der Waals surface area (Å²) in [7, 11) is 0. The van der Waals surface area contributed by atoms with E-state index in [4.69, 9.17) is 4.42 Å². The number of carbonyl (C=O) groups excluding carboxylic acids is 2. The average molecular weight is 451 g/mol. The number of furan rings is 1. The van der Waals surface area contributed by atoms with Gasteiger partial charge in [-0.15, -0.1) is 11.3 Å². The highest BCUT2D eigenvalue weighted by atomic mass is 32.1. The summed E-state index contributed by atoms with van der Waals surface area (Å²) in [5, 5.41) is 5.09. The number of nitrogens with zero attached hydrogens (tertiary/aromatic N) is 1. The highest BCUT2D eigenvalue weighted by Crippen LogP contribution is 2.29. The molecule has 0 aliphatic heterocycles. The van der Waals surface area contributed by atoms with Gasteiger partial charge >= 0.3 is 0 Å². The maximum Gasteiger partial charge on any atom is 0.265 e. The van der Waals surface area contributed by atoms with E-state index in [2.05, 4.69) is 5.32 Å². The summed E-state index contributed by atoms with van der Waals surface area (Å²) < 4.78 is 5.91. The molecule has 1 N–H and O–H groups in total. The van der Waals surface area contributed by atoms with E-state index in [0.29, 0.717) is 22.9 Å². The van der Waals surface area contributed by atoms with Gasteiger partial charge in [0.1, 0.15) is 11.5 Å². The molecule has 1 unspecified atom stereocenters. The molecule has 0 radical (unpaired) electrons. The van der Waals surface area contributed by atoms with Crippen molar-refractivity contribution in [1.82, 2.24) is 10.2 Å². The third-order valence-electron chi connectivity index (χ3n) is 6.01. The zero-order valence-corrected chi connectivity index (χ0v) is 19.5. The van der Waals surface area contributed by atoms with E-state index in [1.54, 1.807) is 11.0 Å². The first kappa shape index (κ1) is 22.3. The van der Waals surface area contributed by atoms with E-state index in [-0.39, 0.29) is 17.9 Å². The molecule has 3 aromatic rings. The van der Waals surface area contributed by atoms with Crippen LogP contribution in [0.2, 0.25) is 0 Å². The van der Waals surface area contributed by atoms with Gasteiger partial charge in [-0.3, -0.25) is 9.59 Å². The molecule has 32 heavy (non-hydrogen) atoms. The molecule has 168 valence electrons. The van der Waals surface area contributed by atoms with Crippen LogP contribution in [0.4, 0.5) is 0 Å². The van der Waals surface area contributed by atoms with E-state index >= 15 is 0 Å². The van der Waals surface area contributed by atoms with Crippen LogP contribution in [-0.2, 0) is 11.3 Å². The summed E-state index contributed by atoms with van der Waals surface area (Å²) in [6, 6.07) is 14.7. The fourth-order valence-corrected chi connectivity index (χ4v) is 4.94. The van der Waals surface area contributed by atoms with Crippen molar-refractivity contribution in [3.63, 3.8) is 0 Å². The van der Waals surface area contributed by atoms with Gasteiger partial charge in [0.25, 0.3) is 11.8 Å². The van der Waals surface area contributed by atoms with Crippen molar-refractivity contribution >= 4 is 23.2 Å². The number of amides is 2. The standard InChI is InChI=1S/C26H30N2O3S/c1-18-10-13-20(14-11-18)17-28(26(30)23-9-6-16-32-23)24(22-15-12-19(2)31-22)25(29)27-21-7-4-3-5-8-21/h6,9-16,21,24H,3-5,7-8,17H2,1-2H3,(H,27,29). The molecule has 1 aliphatic rings. The number of benzene rings is 1. The van der Waals surface area contributed by atoms with Gasteiger partial charge in [0.05, 0.1) is 4.88 Å². The molecule has 1 fully saturated rings. The fourth-order valence-electron chi connectivity index (χ4n) is 4.26. The van der Waals surface area contributed by atoms with E-state index in [1.165, 1.54) is 17.8 Å². The largest absolute Gasteiger partial charge is 0.464 e. The van der Waals surface area contributed by atoms with E-state index in [0.717, 1.165) is 36.8 Å². The Labute approximate surface area is 193 Å². The van der Waals surface area contributed by atoms with Gasteiger partial charge in [-0.05, 0) is 55.8 Å². The molecule has 2 aromatic heterocycles. The summed E-state index contributed by atoms with van der Waals surface area (Å²) in [5.41, 5.74) is 2.12. The molecule has 0 saturated heterocycles. The monoisotopic (exact) mass is 450 g/mol. The Balaban J connectivity index is 1.69. The minimum atomic E-state index is -0.832. The SMILES string of the molecule is Cc1ccc(CN(C(=O)c2cccs2)C(C(=O)NC2CCCCC2)c2ccc(C)o2)cc1. The van der Waals surface area contributed by atoms with Crippen LogP contribution < -0.4 is 5.32 Å². The summed E-state index contributed by atoms with van der Waals surface area (Å²) in [6.45, 7) is 4.20. The summed E-state index contributed by atoms with van der Waals surface area (Å²) in [5.74, 6) is 0.865. The summed E-state index contributed by atoms with van der Waals surface area (Å²) in [6.07, 6.45) is 5.41. The molecule has 1 atom stereocenters. The predicted octanol–water partition coefficient (Wildman–Crippen LogP) is 5.79. The molecule has 1 aromatic carbocycles. The topological polar surface area (TPSA) is 62.6 Å². The maximum atomic E-state index is 13.6. The molecule has 1 aliphatic carbocycles. The fraction of sp³-hybridized carbons (Fsp3) is 0.385. The lowest BCUT2D eigenvalue weighted by Gasteiger charge is -2.32. The van der Waals surface area contributed by atoms with Crippen LogP contribution >= 0.6 is 11.3 Å². The minimum Gasteiger partial charge on any atom is -0.464 e. The zero-order valence-electron chi connectivity index (χ0n) is 18.7. The first-order valence-corrected chi connectivity index (χ1v) is 12.2. The van der Waals surface area contributed by atoms with Gasteiger partial charge in [-0.1, -0.05) is 55.2 Å². The molecule has 4 rings (SSSR count). The summed E-state index contributed by atoms with van der Waals surface area (Å²) >= 11 is 1.38. The second kappa shape index (κ2) is 10.2. The smallest absolute Gasteiger partial charge is 0.265 e. The lowest BCUT2D eigenvalue weighted by atomic mass is 9.95. The molecule has 0 spiro atoms. The van der Waals surface area contributed by atoms with Gasteiger partial charge in [0.15, 0.2) is 6.04 Å². The van der Waals surface area contributed by atoms with Crippen molar-refractivity contribution in [3.05, 3.63) is 81.4 Å². The van der Waals surface area contributed by atoms with Crippen LogP contribution in [0.15, 0.2) is 58.3 Å². The Bertz CT molecular complexity index is 1030. The molecule has 1 saturated carbocycles. The predicted molar refractivity (Wildman–Crippen MR) is 127 cm³/mol. The van der Waals surface area contributed by atoms with Crippen molar-refractivity contribution in [2.45, 2.75) is 64.6 Å². The number of nitrogens with one attached hydrogen (secondary N) is 1. The van der Waals surface area contributed by atoms with Crippen molar-refractivity contribution in [2.75, 3.05) is 0 Å². The number of hydrogen-bond donors (Lipinski definition) is 1. The van der Waals surface area contributed by atoms with Crippen LogP contribution in [-0.4, -0.2) is 22.8 Å². The molecular weight excluding hydrogens is 420 g/mol. The molecule has 5 nitrogen and oxygen atoms in total. The van der Waals surface area contributed by atoms with E-state index in [1.807, 2.05) is 61.7 Å². The Morgan fingerprint density at radius 2 is 1.81 bits per heavy atom. The quantitative estimate of drug-likeness (QED) is 0.495. The van der Waals surface area contributed by atoms with Crippen molar-refractivity contribution in [3.8, 4) is 0 Å². The van der Waals surface area contributed by atoms with Gasteiger partial charge in [-0.25, -0.2) is 0 Å². The van der Waals surface area contributed by atoms with Crippen molar-refractivity contribution < 1.29 is 14.0 Å². The third-order valence-corrected chi connectivity index (χ3v) is 6.87. The Hall–Kier alpha value is -2.86. The Morgan fingerprint density at radius 1 is 1.06 bits per heavy atom. The lowest BCUT2D eigenvalue weighted by molar-refractivity contribution is -0.127. The van der Waals surface area contributed by atoms with Crippen molar-refractivity contribution in [2.24, 2.45) is 0 Å². The Kier molecular flexibility index (Phi) is 7.10. The average Bonchev–Trinajstić information content (AvgIpc) is 3.47. The zero-order chi connectivity index (χ0) is 22.5. The van der Waals surface area contributed by atoms with Gasteiger partial charge in [0.2, 0.25) is 0 Å². The van der Waals surface area contributed by atoms with Gasteiger partial charge in [0, 0.05) is 12.6 Å². The number of rotatable bonds is 7. The summed E-state index contributed by atoms with van der Waals surface area (Å²) in [4.78, 5) is 29.5. The van der Waals surface area contributed by atoms with Crippen LogP contribution in [0, 0.1) is 13.8 Å². The van der Waals surface area contributed by atoms with E-state index in [9.17, 15) is 9.59 Å². The van der Waals surface area contributed by atoms with Crippen LogP contribution in [0.1, 0.15) is 70.5 Å². The van der Waals surface area contributed by atoms with Crippen LogP contribution in [0.3, 0.4) is 0 Å². The number of aryl methyl sites for hydroxylation is 2. The normalized spacial score (nSPS) is 15.3. The molecule has 6 heteroatoms. The lowest BCUT2D eigenvalue weighted by Crippen LogP contribution is -2.46. The second-order valence-corrected chi connectivity index (χ2v) is 9.54. The number of carbonyl (C=O) groups is 2. The highest BCUT2D eigenvalue weighted by molar-refractivity contribution is 7.12. The number of hydrogen-bond acceptors (Lipinski definition) is 4. The third kappa shape index (κ3) is 5.30. The van der Waals surface area contributed by atoms with Gasteiger partial charge in [-0.2, -0.15) is 0 Å². The van der Waals surface area contributed by atoms with Gasteiger partial charge < -0.3 is 14.6 Å². The van der Waals surface area contributed by atoms with Crippen molar-refractivity contribution in [1.29, 1.82) is 0 Å². The minimum absolute atomic E-state index is 0.146. The first-order valence-electron chi connectivity index (χ1n) is 11.3. The van der Waals surface area contributed by atoms with Crippen LogP contribution in [0.5, 0.6) is 0 Å². The maximum absolute atomic E-state index is 13.6. The highest BCUT2D eigenvalue weighted by Gasteiger charge is 2.36. The Morgan fingerprint density at radius 3 is 2.44 bits per heavy atom. The molecule has 0 bridgehead atoms. The molecule has 2 amide bonds.